The fraction of sp³-hybridized carbons (Fsp3) is 0.611. The Morgan fingerprint density at radius 2 is 2.04 bits per heavy atom. The zero-order valence-corrected chi connectivity index (χ0v) is 17.6. The van der Waals surface area contributed by atoms with Gasteiger partial charge in [-0.3, -0.25) is 9.69 Å². The largest absolute Gasteiger partial charge is 0.496 e. The summed E-state index contributed by atoms with van der Waals surface area (Å²) in [4.78, 5) is 14.7. The van der Waals surface area contributed by atoms with Crippen LogP contribution >= 0.6 is 11.6 Å². The van der Waals surface area contributed by atoms with Gasteiger partial charge in [0.15, 0.2) is 5.78 Å². The van der Waals surface area contributed by atoms with E-state index in [0.717, 1.165) is 32.4 Å². The molecule has 1 fully saturated rings. The molecule has 0 spiro atoms. The molecule has 0 aliphatic carbocycles. The summed E-state index contributed by atoms with van der Waals surface area (Å²) in [7, 11) is -1.72. The lowest BCUT2D eigenvalue weighted by Crippen LogP contribution is -2.49. The second-order valence-electron chi connectivity index (χ2n) is 7.08. The van der Waals surface area contributed by atoms with Gasteiger partial charge in [0.1, 0.15) is 5.75 Å². The maximum atomic E-state index is 12.6. The number of likely N-dealkylation sites (tertiary alicyclic amines) is 1. The number of hydrogen-bond donors (Lipinski definition) is 2. The number of benzene rings is 1. The van der Waals surface area contributed by atoms with Gasteiger partial charge in [0.25, 0.3) is 0 Å². The van der Waals surface area contributed by atoms with Crippen molar-refractivity contribution in [1.29, 1.82) is 0 Å². The molecule has 0 radical (unpaired) electrons. The lowest BCUT2D eigenvalue weighted by Gasteiger charge is -2.35. The van der Waals surface area contributed by atoms with E-state index in [4.69, 9.17) is 22.1 Å². The van der Waals surface area contributed by atoms with E-state index in [2.05, 4.69) is 9.62 Å². The molecule has 1 saturated heterocycles. The van der Waals surface area contributed by atoms with Crippen LogP contribution in [0.5, 0.6) is 5.75 Å². The molecule has 7 nitrogen and oxygen atoms in total. The van der Waals surface area contributed by atoms with Gasteiger partial charge >= 0.3 is 0 Å². The first kappa shape index (κ1) is 21.9. The zero-order chi connectivity index (χ0) is 20.2. The second kappa shape index (κ2) is 9.23. The first-order valence-electron chi connectivity index (χ1n) is 8.98. The average Bonchev–Trinajstić information content (AvgIpc) is 2.60. The highest BCUT2D eigenvalue weighted by molar-refractivity contribution is 7.88. The number of Topliss-reactive ketones (excluding diaryl/α,β-unsaturated/α-hetero) is 1. The van der Waals surface area contributed by atoms with Crippen molar-refractivity contribution < 1.29 is 17.9 Å². The van der Waals surface area contributed by atoms with Crippen LogP contribution in [-0.4, -0.2) is 51.7 Å². The highest BCUT2D eigenvalue weighted by Crippen LogP contribution is 2.31. The van der Waals surface area contributed by atoms with Crippen LogP contribution in [0.15, 0.2) is 12.1 Å². The average molecular weight is 418 g/mol. The quantitative estimate of drug-likeness (QED) is 0.497. The zero-order valence-electron chi connectivity index (χ0n) is 16.0. The lowest BCUT2D eigenvalue weighted by molar-refractivity contribution is 0.0946. The van der Waals surface area contributed by atoms with Gasteiger partial charge in [-0.2, -0.15) is 4.72 Å². The molecular weight excluding hydrogens is 390 g/mol. The lowest BCUT2D eigenvalue weighted by atomic mass is 9.90. The summed E-state index contributed by atoms with van der Waals surface area (Å²) < 4.78 is 30.6. The van der Waals surface area contributed by atoms with E-state index in [1.165, 1.54) is 13.4 Å². The van der Waals surface area contributed by atoms with Crippen molar-refractivity contribution >= 4 is 33.1 Å². The number of rotatable bonds is 8. The highest BCUT2D eigenvalue weighted by Gasteiger charge is 2.25. The van der Waals surface area contributed by atoms with E-state index in [1.807, 2.05) is 6.92 Å². The van der Waals surface area contributed by atoms with Gasteiger partial charge < -0.3 is 10.5 Å². The van der Waals surface area contributed by atoms with Crippen LogP contribution in [0.1, 0.15) is 43.0 Å². The van der Waals surface area contributed by atoms with Crippen molar-refractivity contribution in [3.8, 4) is 5.75 Å². The minimum Gasteiger partial charge on any atom is -0.496 e. The molecule has 152 valence electrons. The van der Waals surface area contributed by atoms with Gasteiger partial charge in [-0.25, -0.2) is 8.42 Å². The number of nitrogen functional groups attached to an aromatic ring is 1. The van der Waals surface area contributed by atoms with E-state index in [0.29, 0.717) is 34.4 Å². The molecule has 1 aliphatic heterocycles. The Labute approximate surface area is 166 Å². The molecule has 0 bridgehead atoms. The number of nitrogens with two attached hydrogens (primary N) is 1. The minimum absolute atomic E-state index is 0.0108. The molecule has 0 aromatic heterocycles. The van der Waals surface area contributed by atoms with Crippen molar-refractivity contribution in [3.05, 3.63) is 22.7 Å². The van der Waals surface area contributed by atoms with Crippen molar-refractivity contribution in [3.63, 3.8) is 0 Å². The minimum atomic E-state index is -3.22. The van der Waals surface area contributed by atoms with Crippen molar-refractivity contribution in [2.75, 3.05) is 32.2 Å². The summed E-state index contributed by atoms with van der Waals surface area (Å²) in [6.07, 6.45) is 4.01. The van der Waals surface area contributed by atoms with Crippen molar-refractivity contribution in [1.82, 2.24) is 9.62 Å². The topological polar surface area (TPSA) is 102 Å². The molecule has 0 saturated carbocycles. The summed E-state index contributed by atoms with van der Waals surface area (Å²) in [5, 5.41) is 0.347. The van der Waals surface area contributed by atoms with E-state index in [9.17, 15) is 13.2 Å². The molecule has 1 aromatic carbocycles. The fourth-order valence-corrected chi connectivity index (χ4v) is 4.37. The molecule has 1 aliphatic rings. The monoisotopic (exact) mass is 417 g/mol. The number of carbonyl (C=O) groups is 1. The summed E-state index contributed by atoms with van der Waals surface area (Å²) in [5.74, 6) is 0.867. The maximum absolute atomic E-state index is 12.6. The van der Waals surface area contributed by atoms with Gasteiger partial charge in [-0.15, -0.1) is 0 Å². The summed E-state index contributed by atoms with van der Waals surface area (Å²) in [6.45, 7) is 3.46. The number of nitrogens with one attached hydrogen (secondary N) is 1. The smallest absolute Gasteiger partial charge is 0.210 e. The van der Waals surface area contributed by atoms with Crippen LogP contribution in [-0.2, 0) is 10.0 Å². The Balaban J connectivity index is 1.87. The Kier molecular flexibility index (Phi) is 7.50. The number of anilines is 1. The van der Waals surface area contributed by atoms with Crippen LogP contribution < -0.4 is 15.2 Å². The van der Waals surface area contributed by atoms with Gasteiger partial charge in [0.2, 0.25) is 10.0 Å². The first-order chi connectivity index (χ1) is 12.6. The maximum Gasteiger partial charge on any atom is 0.210 e. The van der Waals surface area contributed by atoms with Crippen LogP contribution in [0, 0.1) is 5.92 Å². The molecule has 27 heavy (non-hydrogen) atoms. The van der Waals surface area contributed by atoms with Gasteiger partial charge in [-0.1, -0.05) is 11.6 Å². The third-order valence-corrected chi connectivity index (χ3v) is 6.08. The Hall–Kier alpha value is -1.35. The van der Waals surface area contributed by atoms with E-state index < -0.39 is 10.0 Å². The summed E-state index contributed by atoms with van der Waals surface area (Å²) in [5.41, 5.74) is 6.60. The highest BCUT2D eigenvalue weighted by atomic mass is 35.5. The predicted molar refractivity (Wildman–Crippen MR) is 108 cm³/mol. The third kappa shape index (κ3) is 6.34. The Bertz CT molecular complexity index is 777. The van der Waals surface area contributed by atoms with Crippen molar-refractivity contribution in [2.24, 2.45) is 5.92 Å². The molecule has 2 rings (SSSR count). The van der Waals surface area contributed by atoms with E-state index in [-0.39, 0.29) is 11.9 Å². The van der Waals surface area contributed by atoms with Gasteiger partial charge in [0, 0.05) is 12.5 Å². The number of hydrogen-bond acceptors (Lipinski definition) is 6. The second-order valence-corrected chi connectivity index (χ2v) is 9.27. The Morgan fingerprint density at radius 1 is 1.41 bits per heavy atom. The molecule has 1 heterocycles. The SMILES string of the molecule is COc1cc(N)c(Cl)cc1C(=O)CCC1CCN(C(C)NS(C)(=O)=O)CC1. The number of carbonyl (C=O) groups excluding carboxylic acids is 1. The number of methoxy groups -OCH3 is 1. The molecule has 1 aromatic rings. The number of nitrogens with zero attached hydrogens (tertiary/aromatic N) is 1. The number of ketones is 1. The molecule has 3 N–H and O–H groups in total. The van der Waals surface area contributed by atoms with E-state index in [1.54, 1.807) is 12.1 Å². The first-order valence-corrected chi connectivity index (χ1v) is 11.2. The summed E-state index contributed by atoms with van der Waals surface area (Å²) in [6, 6.07) is 3.14. The van der Waals surface area contributed by atoms with Crippen LogP contribution in [0.3, 0.4) is 0 Å². The third-order valence-electron chi connectivity index (χ3n) is 4.98. The number of piperidine rings is 1. The molecule has 0 amide bonds. The standard InChI is InChI=1S/C18H28ClN3O4S/c1-12(21-27(3,24)25)22-8-6-13(7-9-22)4-5-17(23)14-10-15(19)16(20)11-18(14)26-2/h10-13,21H,4-9,20H2,1-3H3. The van der Waals surface area contributed by atoms with Crippen LogP contribution in [0.2, 0.25) is 5.02 Å². The normalized spacial score (nSPS) is 17.6. The molecule has 1 atom stereocenters. The van der Waals surface area contributed by atoms with Gasteiger partial charge in [0.05, 0.1) is 35.8 Å². The fourth-order valence-electron chi connectivity index (χ4n) is 3.44. The number of sulfonamides is 1. The number of halogens is 1. The van der Waals surface area contributed by atoms with Gasteiger partial charge in [-0.05, 0) is 51.3 Å². The number of ether oxygens (including phenoxy) is 1. The van der Waals surface area contributed by atoms with Crippen LogP contribution in [0.25, 0.3) is 0 Å². The van der Waals surface area contributed by atoms with E-state index >= 15 is 0 Å². The predicted octanol–water partition coefficient (Wildman–Crippen LogP) is 2.50. The van der Waals surface area contributed by atoms with Crippen LogP contribution in [0.4, 0.5) is 5.69 Å². The Morgan fingerprint density at radius 3 is 2.59 bits per heavy atom. The molecule has 9 heteroatoms. The molecular formula is C18H28ClN3O4S. The molecule has 1 unspecified atom stereocenters. The van der Waals surface area contributed by atoms with Crippen molar-refractivity contribution in [2.45, 2.75) is 38.8 Å². The summed E-state index contributed by atoms with van der Waals surface area (Å²) >= 11 is 6.04.